The van der Waals surface area contributed by atoms with E-state index in [0.29, 0.717) is 18.3 Å². The second-order valence-electron chi connectivity index (χ2n) is 4.71. The molecule has 0 aliphatic carbocycles. The van der Waals surface area contributed by atoms with Crippen LogP contribution in [0.3, 0.4) is 0 Å². The molecule has 1 aliphatic rings. The average molecular weight is 263 g/mol. The standard InChI is InChI=1S/C13H21N5O/c1-3-15-13(19)11-6-7-12(17-16-11)18-8-4-5-10(9-18)14-2/h6-7,10,14H,3-5,8-9H2,1-2H3,(H,15,19). The summed E-state index contributed by atoms with van der Waals surface area (Å²) in [6, 6.07) is 4.10. The van der Waals surface area contributed by atoms with E-state index in [9.17, 15) is 4.79 Å². The van der Waals surface area contributed by atoms with E-state index in [1.165, 1.54) is 6.42 Å². The number of rotatable bonds is 4. The third kappa shape index (κ3) is 3.41. The Bertz CT molecular complexity index is 420. The van der Waals surface area contributed by atoms with Crippen LogP contribution in [0.25, 0.3) is 0 Å². The van der Waals surface area contributed by atoms with Gasteiger partial charge in [-0.2, -0.15) is 0 Å². The third-order valence-electron chi connectivity index (χ3n) is 3.37. The minimum atomic E-state index is -0.173. The number of aromatic nitrogens is 2. The van der Waals surface area contributed by atoms with Gasteiger partial charge >= 0.3 is 0 Å². The number of carbonyl (C=O) groups is 1. The highest BCUT2D eigenvalue weighted by molar-refractivity contribution is 5.92. The molecule has 0 spiro atoms. The molecule has 2 rings (SSSR count). The molecule has 1 fully saturated rings. The number of nitrogens with zero attached hydrogens (tertiary/aromatic N) is 3. The quantitative estimate of drug-likeness (QED) is 0.823. The topological polar surface area (TPSA) is 70.2 Å². The predicted octanol–water partition coefficient (Wildman–Crippen LogP) is 0.415. The van der Waals surface area contributed by atoms with Gasteiger partial charge in [-0.15, -0.1) is 10.2 Å². The number of likely N-dealkylation sites (N-methyl/N-ethyl adjacent to an activating group) is 1. The molecule has 1 atom stereocenters. The van der Waals surface area contributed by atoms with Gasteiger partial charge in [0.25, 0.3) is 5.91 Å². The molecule has 19 heavy (non-hydrogen) atoms. The lowest BCUT2D eigenvalue weighted by molar-refractivity contribution is 0.0950. The molecule has 6 nitrogen and oxygen atoms in total. The largest absolute Gasteiger partial charge is 0.354 e. The van der Waals surface area contributed by atoms with Crippen LogP contribution in [0.15, 0.2) is 12.1 Å². The van der Waals surface area contributed by atoms with E-state index in [-0.39, 0.29) is 5.91 Å². The number of carbonyl (C=O) groups excluding carboxylic acids is 1. The van der Waals surface area contributed by atoms with Gasteiger partial charge in [0.1, 0.15) is 0 Å². The minimum absolute atomic E-state index is 0.173. The fourth-order valence-corrected chi connectivity index (χ4v) is 2.29. The van der Waals surface area contributed by atoms with Crippen molar-refractivity contribution in [2.75, 3.05) is 31.6 Å². The van der Waals surface area contributed by atoms with Gasteiger partial charge in [0.2, 0.25) is 0 Å². The number of anilines is 1. The number of piperidine rings is 1. The highest BCUT2D eigenvalue weighted by atomic mass is 16.1. The van der Waals surface area contributed by atoms with Crippen molar-refractivity contribution >= 4 is 11.7 Å². The van der Waals surface area contributed by atoms with Gasteiger partial charge in [-0.3, -0.25) is 4.79 Å². The van der Waals surface area contributed by atoms with Crippen LogP contribution in [0.5, 0.6) is 0 Å². The van der Waals surface area contributed by atoms with E-state index in [1.807, 2.05) is 20.0 Å². The van der Waals surface area contributed by atoms with Crippen molar-refractivity contribution in [1.29, 1.82) is 0 Å². The van der Waals surface area contributed by atoms with Crippen molar-refractivity contribution in [2.45, 2.75) is 25.8 Å². The number of hydrogen-bond donors (Lipinski definition) is 2. The van der Waals surface area contributed by atoms with Crippen LogP contribution < -0.4 is 15.5 Å². The molecule has 1 unspecified atom stereocenters. The van der Waals surface area contributed by atoms with Crippen LogP contribution in [0.4, 0.5) is 5.82 Å². The van der Waals surface area contributed by atoms with E-state index in [0.717, 1.165) is 25.3 Å². The van der Waals surface area contributed by atoms with Crippen molar-refractivity contribution in [3.63, 3.8) is 0 Å². The van der Waals surface area contributed by atoms with E-state index < -0.39 is 0 Å². The molecule has 0 radical (unpaired) electrons. The molecule has 2 N–H and O–H groups in total. The van der Waals surface area contributed by atoms with Crippen LogP contribution in [0.1, 0.15) is 30.3 Å². The minimum Gasteiger partial charge on any atom is -0.354 e. The Morgan fingerprint density at radius 2 is 2.32 bits per heavy atom. The lowest BCUT2D eigenvalue weighted by Gasteiger charge is -2.33. The second-order valence-corrected chi connectivity index (χ2v) is 4.71. The molecule has 6 heteroatoms. The maximum atomic E-state index is 11.6. The molecular formula is C13H21N5O. The summed E-state index contributed by atoms with van der Waals surface area (Å²) >= 11 is 0. The zero-order valence-corrected chi connectivity index (χ0v) is 11.5. The van der Waals surface area contributed by atoms with E-state index >= 15 is 0 Å². The van der Waals surface area contributed by atoms with Crippen LogP contribution in [0, 0.1) is 0 Å². The summed E-state index contributed by atoms with van der Waals surface area (Å²) < 4.78 is 0. The summed E-state index contributed by atoms with van der Waals surface area (Å²) in [6.45, 7) is 4.41. The SMILES string of the molecule is CCNC(=O)c1ccc(N2CCCC(NC)C2)nn1. The molecule has 0 aromatic carbocycles. The van der Waals surface area contributed by atoms with E-state index in [1.54, 1.807) is 6.07 Å². The number of nitrogens with one attached hydrogen (secondary N) is 2. The average Bonchev–Trinajstić information content (AvgIpc) is 2.48. The Balaban J connectivity index is 2.03. The Morgan fingerprint density at radius 1 is 1.47 bits per heavy atom. The zero-order valence-electron chi connectivity index (χ0n) is 11.5. The molecule has 1 aromatic rings. The molecule has 1 saturated heterocycles. The van der Waals surface area contributed by atoms with Gasteiger partial charge in [0.15, 0.2) is 11.5 Å². The predicted molar refractivity (Wildman–Crippen MR) is 74.3 cm³/mol. The van der Waals surface area contributed by atoms with Crippen molar-refractivity contribution in [1.82, 2.24) is 20.8 Å². The Morgan fingerprint density at radius 3 is 2.95 bits per heavy atom. The monoisotopic (exact) mass is 263 g/mol. The molecule has 1 amide bonds. The molecular weight excluding hydrogens is 242 g/mol. The van der Waals surface area contributed by atoms with E-state index in [4.69, 9.17) is 0 Å². The first-order valence-corrected chi connectivity index (χ1v) is 6.78. The Kier molecular flexibility index (Phi) is 4.68. The summed E-state index contributed by atoms with van der Waals surface area (Å²) in [5.74, 6) is 0.668. The van der Waals surface area contributed by atoms with Crippen molar-refractivity contribution < 1.29 is 4.79 Å². The Hall–Kier alpha value is -1.69. The van der Waals surface area contributed by atoms with Gasteiger partial charge in [-0.05, 0) is 38.9 Å². The van der Waals surface area contributed by atoms with Crippen LogP contribution in [-0.4, -0.2) is 48.8 Å². The molecule has 1 aliphatic heterocycles. The highest BCUT2D eigenvalue weighted by Crippen LogP contribution is 2.16. The van der Waals surface area contributed by atoms with Gasteiger partial charge in [-0.25, -0.2) is 0 Å². The fourth-order valence-electron chi connectivity index (χ4n) is 2.29. The summed E-state index contributed by atoms with van der Waals surface area (Å²) in [5, 5.41) is 14.2. The maximum absolute atomic E-state index is 11.6. The maximum Gasteiger partial charge on any atom is 0.271 e. The second kappa shape index (κ2) is 6.47. The zero-order chi connectivity index (χ0) is 13.7. The summed E-state index contributed by atoms with van der Waals surface area (Å²) in [6.07, 6.45) is 2.34. The van der Waals surface area contributed by atoms with Crippen molar-refractivity contribution in [3.8, 4) is 0 Å². The molecule has 1 aromatic heterocycles. The van der Waals surface area contributed by atoms with Crippen LogP contribution >= 0.6 is 0 Å². The van der Waals surface area contributed by atoms with Crippen LogP contribution in [0.2, 0.25) is 0 Å². The number of amides is 1. The Labute approximate surface area is 113 Å². The van der Waals surface area contributed by atoms with E-state index in [2.05, 4.69) is 25.7 Å². The van der Waals surface area contributed by atoms with Gasteiger partial charge in [0.05, 0.1) is 0 Å². The van der Waals surface area contributed by atoms with Gasteiger partial charge < -0.3 is 15.5 Å². The number of hydrogen-bond acceptors (Lipinski definition) is 5. The first kappa shape index (κ1) is 13.7. The smallest absolute Gasteiger partial charge is 0.271 e. The summed E-state index contributed by atoms with van der Waals surface area (Å²) in [4.78, 5) is 13.8. The van der Waals surface area contributed by atoms with Gasteiger partial charge in [-0.1, -0.05) is 0 Å². The van der Waals surface area contributed by atoms with Gasteiger partial charge in [0, 0.05) is 25.7 Å². The lowest BCUT2D eigenvalue weighted by Crippen LogP contribution is -2.44. The van der Waals surface area contributed by atoms with Crippen molar-refractivity contribution in [3.05, 3.63) is 17.8 Å². The van der Waals surface area contributed by atoms with Crippen LogP contribution in [-0.2, 0) is 0 Å². The lowest BCUT2D eigenvalue weighted by atomic mass is 10.1. The first-order valence-electron chi connectivity index (χ1n) is 6.78. The summed E-state index contributed by atoms with van der Waals surface area (Å²) in [7, 11) is 1.98. The molecule has 2 heterocycles. The molecule has 104 valence electrons. The summed E-state index contributed by atoms with van der Waals surface area (Å²) in [5.41, 5.74) is 0.368. The fraction of sp³-hybridized carbons (Fsp3) is 0.615. The third-order valence-corrected chi connectivity index (χ3v) is 3.37. The molecule has 0 saturated carbocycles. The normalized spacial score (nSPS) is 19.3. The molecule has 0 bridgehead atoms. The highest BCUT2D eigenvalue weighted by Gasteiger charge is 2.20. The first-order chi connectivity index (χ1) is 9.24. The van der Waals surface area contributed by atoms with Crippen molar-refractivity contribution in [2.24, 2.45) is 0 Å².